The number of benzene rings is 1. The highest BCUT2D eigenvalue weighted by Gasteiger charge is 1.99. The number of halogens is 1. The Hall–Kier alpha value is -1.61. The van der Waals surface area contributed by atoms with Crippen LogP contribution in [0.1, 0.15) is 16.7 Å². The Morgan fingerprint density at radius 3 is 2.24 bits per heavy atom. The average Bonchev–Trinajstić information content (AvgIpc) is 2.27. The third-order valence-corrected chi connectivity index (χ3v) is 2.47. The van der Waals surface area contributed by atoms with Crippen LogP contribution < -0.4 is 4.74 Å². The molecule has 0 spiro atoms. The first-order chi connectivity index (χ1) is 8.13. The fraction of sp³-hybridized carbons (Fsp3) is 0.231. The SMILES string of the molecule is Cc1cc(C)cc(OCc2cnc(Cl)nc2)c1. The molecule has 0 unspecified atom stereocenters. The molecule has 0 N–H and O–H groups in total. The van der Waals surface area contributed by atoms with Crippen LogP contribution in [0.4, 0.5) is 0 Å². The maximum Gasteiger partial charge on any atom is 0.222 e. The van der Waals surface area contributed by atoms with Crippen LogP contribution in [-0.4, -0.2) is 9.97 Å². The van der Waals surface area contributed by atoms with Crippen LogP contribution in [0.15, 0.2) is 30.6 Å². The first-order valence-electron chi connectivity index (χ1n) is 5.31. The van der Waals surface area contributed by atoms with E-state index < -0.39 is 0 Å². The summed E-state index contributed by atoms with van der Waals surface area (Å²) in [7, 11) is 0. The van der Waals surface area contributed by atoms with E-state index in [0.717, 1.165) is 11.3 Å². The van der Waals surface area contributed by atoms with Gasteiger partial charge in [0.1, 0.15) is 12.4 Å². The number of ether oxygens (including phenoxy) is 1. The van der Waals surface area contributed by atoms with E-state index in [4.69, 9.17) is 16.3 Å². The van der Waals surface area contributed by atoms with Gasteiger partial charge in [-0.05, 0) is 48.7 Å². The fourth-order valence-corrected chi connectivity index (χ4v) is 1.69. The highest BCUT2D eigenvalue weighted by molar-refractivity contribution is 6.28. The predicted molar refractivity (Wildman–Crippen MR) is 67.3 cm³/mol. The van der Waals surface area contributed by atoms with Gasteiger partial charge in [0, 0.05) is 18.0 Å². The molecule has 0 amide bonds. The fourth-order valence-electron chi connectivity index (χ4n) is 1.60. The van der Waals surface area contributed by atoms with Gasteiger partial charge in [-0.1, -0.05) is 6.07 Å². The highest BCUT2D eigenvalue weighted by Crippen LogP contribution is 2.17. The van der Waals surface area contributed by atoms with Crippen LogP contribution in [0.2, 0.25) is 5.28 Å². The number of hydrogen-bond acceptors (Lipinski definition) is 3. The molecule has 17 heavy (non-hydrogen) atoms. The molecule has 88 valence electrons. The second kappa shape index (κ2) is 5.15. The van der Waals surface area contributed by atoms with E-state index in [0.29, 0.717) is 6.61 Å². The lowest BCUT2D eigenvalue weighted by atomic mass is 10.1. The van der Waals surface area contributed by atoms with Crippen LogP contribution in [0, 0.1) is 13.8 Å². The quantitative estimate of drug-likeness (QED) is 0.782. The zero-order chi connectivity index (χ0) is 12.3. The lowest BCUT2D eigenvalue weighted by molar-refractivity contribution is 0.305. The van der Waals surface area contributed by atoms with E-state index in [1.165, 1.54) is 11.1 Å². The van der Waals surface area contributed by atoms with Crippen molar-refractivity contribution in [2.45, 2.75) is 20.5 Å². The summed E-state index contributed by atoms with van der Waals surface area (Å²) in [5.41, 5.74) is 3.27. The lowest BCUT2D eigenvalue weighted by Crippen LogP contribution is -1.97. The molecule has 0 saturated carbocycles. The summed E-state index contributed by atoms with van der Waals surface area (Å²) >= 11 is 5.61. The molecule has 1 aromatic heterocycles. The number of rotatable bonds is 3. The molecule has 0 bridgehead atoms. The van der Waals surface area contributed by atoms with Crippen LogP contribution in [0.3, 0.4) is 0 Å². The van der Waals surface area contributed by atoms with Gasteiger partial charge in [-0.3, -0.25) is 0 Å². The molecule has 1 aromatic carbocycles. The molecule has 0 atom stereocenters. The minimum atomic E-state index is 0.250. The summed E-state index contributed by atoms with van der Waals surface area (Å²) < 4.78 is 5.67. The van der Waals surface area contributed by atoms with E-state index in [1.807, 2.05) is 26.0 Å². The maximum atomic E-state index is 5.67. The third kappa shape index (κ3) is 3.43. The zero-order valence-corrected chi connectivity index (χ0v) is 10.5. The summed E-state index contributed by atoms with van der Waals surface area (Å²) in [5.74, 6) is 0.859. The molecule has 0 aliphatic carbocycles. The van der Waals surface area contributed by atoms with Crippen molar-refractivity contribution in [2.75, 3.05) is 0 Å². The first kappa shape index (κ1) is 11.9. The number of aromatic nitrogens is 2. The Balaban J connectivity index is 2.04. The minimum absolute atomic E-state index is 0.250. The maximum absolute atomic E-state index is 5.67. The summed E-state index contributed by atoms with van der Waals surface area (Å²) in [4.78, 5) is 7.80. The second-order valence-electron chi connectivity index (χ2n) is 3.97. The van der Waals surface area contributed by atoms with E-state index in [2.05, 4.69) is 16.0 Å². The molecule has 0 aliphatic heterocycles. The number of nitrogens with zero attached hydrogens (tertiary/aromatic N) is 2. The monoisotopic (exact) mass is 248 g/mol. The molecular weight excluding hydrogens is 236 g/mol. The van der Waals surface area contributed by atoms with Gasteiger partial charge in [0.05, 0.1) is 0 Å². The molecular formula is C13H13ClN2O. The van der Waals surface area contributed by atoms with E-state index in [9.17, 15) is 0 Å². The molecule has 2 aromatic rings. The van der Waals surface area contributed by atoms with Crippen molar-refractivity contribution >= 4 is 11.6 Å². The lowest BCUT2D eigenvalue weighted by Gasteiger charge is -2.07. The Morgan fingerprint density at radius 2 is 1.65 bits per heavy atom. The minimum Gasteiger partial charge on any atom is -0.489 e. The van der Waals surface area contributed by atoms with Crippen LogP contribution in [0.25, 0.3) is 0 Å². The first-order valence-corrected chi connectivity index (χ1v) is 5.69. The van der Waals surface area contributed by atoms with Gasteiger partial charge in [0.2, 0.25) is 5.28 Å². The normalized spacial score (nSPS) is 10.3. The van der Waals surface area contributed by atoms with Gasteiger partial charge >= 0.3 is 0 Å². The Bertz CT molecular complexity index is 491. The van der Waals surface area contributed by atoms with Crippen LogP contribution >= 0.6 is 11.6 Å². The van der Waals surface area contributed by atoms with Crippen molar-refractivity contribution in [3.8, 4) is 5.75 Å². The largest absolute Gasteiger partial charge is 0.489 e. The Kier molecular flexibility index (Phi) is 3.59. The Morgan fingerprint density at radius 1 is 1.06 bits per heavy atom. The topological polar surface area (TPSA) is 35.0 Å². The van der Waals surface area contributed by atoms with Crippen LogP contribution in [-0.2, 0) is 6.61 Å². The van der Waals surface area contributed by atoms with Crippen LogP contribution in [0.5, 0.6) is 5.75 Å². The molecule has 0 aliphatic rings. The van der Waals surface area contributed by atoms with Crippen molar-refractivity contribution in [3.05, 3.63) is 52.6 Å². The van der Waals surface area contributed by atoms with Gasteiger partial charge in [-0.15, -0.1) is 0 Å². The van der Waals surface area contributed by atoms with Crippen molar-refractivity contribution < 1.29 is 4.74 Å². The third-order valence-electron chi connectivity index (χ3n) is 2.27. The summed E-state index contributed by atoms with van der Waals surface area (Å²) in [6, 6.07) is 6.12. The van der Waals surface area contributed by atoms with Crippen molar-refractivity contribution in [2.24, 2.45) is 0 Å². The Labute approximate surface area is 105 Å². The van der Waals surface area contributed by atoms with Gasteiger partial charge in [-0.25, -0.2) is 9.97 Å². The molecule has 0 saturated heterocycles. The zero-order valence-electron chi connectivity index (χ0n) is 9.77. The summed E-state index contributed by atoms with van der Waals surface area (Å²) in [5, 5.41) is 0.250. The molecule has 4 heteroatoms. The second-order valence-corrected chi connectivity index (χ2v) is 4.31. The predicted octanol–water partition coefficient (Wildman–Crippen LogP) is 3.33. The van der Waals surface area contributed by atoms with E-state index >= 15 is 0 Å². The highest BCUT2D eigenvalue weighted by atomic mass is 35.5. The van der Waals surface area contributed by atoms with E-state index in [-0.39, 0.29) is 5.28 Å². The molecule has 2 rings (SSSR count). The van der Waals surface area contributed by atoms with Gasteiger partial charge in [0.15, 0.2) is 0 Å². The van der Waals surface area contributed by atoms with Crippen molar-refractivity contribution in [1.29, 1.82) is 0 Å². The molecule has 0 radical (unpaired) electrons. The standard InChI is InChI=1S/C13H13ClN2O/c1-9-3-10(2)5-12(4-9)17-8-11-6-15-13(14)16-7-11/h3-7H,8H2,1-2H3. The van der Waals surface area contributed by atoms with Crippen molar-refractivity contribution in [3.63, 3.8) is 0 Å². The number of hydrogen-bond donors (Lipinski definition) is 0. The smallest absolute Gasteiger partial charge is 0.222 e. The van der Waals surface area contributed by atoms with Gasteiger partial charge < -0.3 is 4.74 Å². The summed E-state index contributed by atoms with van der Waals surface area (Å²) in [6.45, 7) is 4.54. The van der Waals surface area contributed by atoms with Crippen molar-refractivity contribution in [1.82, 2.24) is 9.97 Å². The number of aryl methyl sites for hydroxylation is 2. The van der Waals surface area contributed by atoms with Gasteiger partial charge in [-0.2, -0.15) is 0 Å². The van der Waals surface area contributed by atoms with E-state index in [1.54, 1.807) is 12.4 Å². The molecule has 1 heterocycles. The summed E-state index contributed by atoms with van der Waals surface area (Å²) in [6.07, 6.45) is 3.33. The molecule has 0 fully saturated rings. The molecule has 3 nitrogen and oxygen atoms in total. The average molecular weight is 249 g/mol. The van der Waals surface area contributed by atoms with Gasteiger partial charge in [0.25, 0.3) is 0 Å².